The maximum absolute atomic E-state index is 13.3. The van der Waals surface area contributed by atoms with Gasteiger partial charge in [-0.15, -0.1) is 0 Å². The second kappa shape index (κ2) is 7.45. The van der Waals surface area contributed by atoms with E-state index in [0.717, 1.165) is 30.5 Å². The fourth-order valence-electron chi connectivity index (χ4n) is 2.39. The van der Waals surface area contributed by atoms with Crippen LogP contribution in [0.2, 0.25) is 5.02 Å². The number of hydrogen-bond acceptors (Lipinski definition) is 5. The minimum atomic E-state index is -0.977. The average Bonchev–Trinajstić information content (AvgIpc) is 2.64. The summed E-state index contributed by atoms with van der Waals surface area (Å²) in [6.07, 6.45) is 0.916. The molecule has 0 atom stereocenters. The summed E-state index contributed by atoms with van der Waals surface area (Å²) in [5.41, 5.74) is -2.48. The van der Waals surface area contributed by atoms with Crippen molar-refractivity contribution in [3.8, 4) is 5.69 Å². The molecule has 0 saturated heterocycles. The number of hydrogen-bond donors (Lipinski definition) is 2. The Morgan fingerprint density at radius 2 is 1.96 bits per heavy atom. The highest BCUT2D eigenvalue weighted by Gasteiger charge is 2.17. The van der Waals surface area contributed by atoms with Gasteiger partial charge in [0, 0.05) is 24.0 Å². The van der Waals surface area contributed by atoms with Gasteiger partial charge >= 0.3 is 5.69 Å². The number of aromatic amines is 1. The van der Waals surface area contributed by atoms with Crippen molar-refractivity contribution in [1.29, 1.82) is 0 Å². The molecule has 2 N–H and O–H groups in total. The Morgan fingerprint density at radius 3 is 2.64 bits per heavy atom. The van der Waals surface area contributed by atoms with Gasteiger partial charge in [-0.25, -0.2) is 13.8 Å². The van der Waals surface area contributed by atoms with Crippen molar-refractivity contribution < 1.29 is 14.1 Å². The topological polar surface area (TPSA) is 127 Å². The van der Waals surface area contributed by atoms with Crippen molar-refractivity contribution in [3.05, 3.63) is 96.0 Å². The normalized spacial score (nSPS) is 10.5. The molecule has 142 valence electrons. The zero-order valence-corrected chi connectivity index (χ0v) is 14.6. The van der Waals surface area contributed by atoms with Crippen LogP contribution in [0.3, 0.4) is 0 Å². The van der Waals surface area contributed by atoms with E-state index in [1.165, 1.54) is 18.2 Å². The van der Waals surface area contributed by atoms with E-state index in [1.807, 2.05) is 0 Å². The lowest BCUT2D eigenvalue weighted by atomic mass is 10.2. The number of halogens is 2. The number of amides is 1. The van der Waals surface area contributed by atoms with E-state index in [9.17, 15) is 28.9 Å². The Bertz CT molecular complexity index is 1220. The number of carbonyl (C=O) groups is 1. The molecule has 3 rings (SSSR count). The van der Waals surface area contributed by atoms with Crippen LogP contribution in [0.15, 0.2) is 58.3 Å². The van der Waals surface area contributed by atoms with Gasteiger partial charge in [0.15, 0.2) is 0 Å². The highest BCUT2D eigenvalue weighted by molar-refractivity contribution is 6.30. The van der Waals surface area contributed by atoms with Gasteiger partial charge in [0.05, 0.1) is 15.6 Å². The third-order valence-electron chi connectivity index (χ3n) is 3.70. The Hall–Kier alpha value is -3.79. The van der Waals surface area contributed by atoms with Gasteiger partial charge in [-0.3, -0.25) is 19.7 Å². The molecule has 28 heavy (non-hydrogen) atoms. The van der Waals surface area contributed by atoms with Crippen molar-refractivity contribution in [3.63, 3.8) is 0 Å². The van der Waals surface area contributed by atoms with E-state index in [4.69, 9.17) is 11.6 Å². The predicted molar refractivity (Wildman–Crippen MR) is 98.7 cm³/mol. The van der Waals surface area contributed by atoms with Crippen molar-refractivity contribution in [1.82, 2.24) is 9.55 Å². The molecular weight excluding hydrogens is 395 g/mol. The molecule has 0 aliphatic carbocycles. The van der Waals surface area contributed by atoms with E-state index in [1.54, 1.807) is 0 Å². The van der Waals surface area contributed by atoms with Crippen molar-refractivity contribution in [2.45, 2.75) is 0 Å². The lowest BCUT2D eigenvalue weighted by Crippen LogP contribution is -2.38. The smallest absolute Gasteiger partial charge is 0.322 e. The van der Waals surface area contributed by atoms with Gasteiger partial charge in [-0.1, -0.05) is 17.7 Å². The third-order valence-corrected chi connectivity index (χ3v) is 3.99. The number of nitrogens with one attached hydrogen (secondary N) is 2. The molecule has 0 bridgehead atoms. The molecular formula is C17H10ClFN4O5. The first-order valence-electron chi connectivity index (χ1n) is 7.64. The zero-order valence-electron chi connectivity index (χ0n) is 13.8. The molecule has 0 aliphatic rings. The van der Waals surface area contributed by atoms with Gasteiger partial charge in [-0.05, 0) is 24.3 Å². The summed E-state index contributed by atoms with van der Waals surface area (Å²) in [6.45, 7) is 0. The summed E-state index contributed by atoms with van der Waals surface area (Å²) in [7, 11) is 0. The SMILES string of the molecule is O=C(Nc1cccc([N+](=O)[O-])c1)c1c[nH]c(=O)n(-c2ccc(F)c(Cl)c2)c1=O. The van der Waals surface area contributed by atoms with Crippen LogP contribution >= 0.6 is 11.6 Å². The number of nitro benzene ring substituents is 1. The first-order chi connectivity index (χ1) is 13.3. The zero-order chi connectivity index (χ0) is 20.4. The molecule has 1 heterocycles. The number of H-pyrrole nitrogens is 1. The second-order valence-electron chi connectivity index (χ2n) is 5.51. The first kappa shape index (κ1) is 19.0. The monoisotopic (exact) mass is 404 g/mol. The van der Waals surface area contributed by atoms with Crippen LogP contribution in [0.1, 0.15) is 10.4 Å². The quantitative estimate of drug-likeness (QED) is 0.510. The number of aromatic nitrogens is 2. The van der Waals surface area contributed by atoms with E-state index < -0.39 is 33.5 Å². The molecule has 0 radical (unpaired) electrons. The Kier molecular flexibility index (Phi) is 5.05. The van der Waals surface area contributed by atoms with Gasteiger partial charge in [0.1, 0.15) is 11.4 Å². The van der Waals surface area contributed by atoms with Crippen LogP contribution < -0.4 is 16.6 Å². The summed E-state index contributed by atoms with van der Waals surface area (Å²) < 4.78 is 14.0. The Labute approximate surface area is 160 Å². The lowest BCUT2D eigenvalue weighted by Gasteiger charge is -2.08. The number of nitro groups is 1. The average molecular weight is 405 g/mol. The molecule has 1 amide bonds. The Morgan fingerprint density at radius 1 is 1.21 bits per heavy atom. The number of anilines is 1. The molecule has 11 heteroatoms. The number of nitrogens with zero attached hydrogens (tertiary/aromatic N) is 2. The fraction of sp³-hybridized carbons (Fsp3) is 0. The highest BCUT2D eigenvalue weighted by Crippen LogP contribution is 2.18. The lowest BCUT2D eigenvalue weighted by molar-refractivity contribution is -0.384. The van der Waals surface area contributed by atoms with E-state index in [0.29, 0.717) is 4.57 Å². The summed E-state index contributed by atoms with van der Waals surface area (Å²) in [5, 5.41) is 12.9. The van der Waals surface area contributed by atoms with Crippen LogP contribution in [0, 0.1) is 15.9 Å². The molecule has 0 unspecified atom stereocenters. The largest absolute Gasteiger partial charge is 0.333 e. The van der Waals surface area contributed by atoms with E-state index in [-0.39, 0.29) is 22.1 Å². The number of non-ortho nitro benzene ring substituents is 1. The molecule has 0 spiro atoms. The van der Waals surface area contributed by atoms with Gasteiger partial charge < -0.3 is 10.3 Å². The standard InChI is InChI=1S/C17H10ClFN4O5/c18-13-7-10(4-5-14(13)19)22-16(25)12(8-20-17(22)26)15(24)21-9-2-1-3-11(6-9)23(27)28/h1-8H,(H,20,26)(H,21,24). The highest BCUT2D eigenvalue weighted by atomic mass is 35.5. The van der Waals surface area contributed by atoms with E-state index in [2.05, 4.69) is 10.3 Å². The molecule has 0 aliphatic heterocycles. The van der Waals surface area contributed by atoms with Gasteiger partial charge in [0.2, 0.25) is 0 Å². The van der Waals surface area contributed by atoms with Gasteiger partial charge in [-0.2, -0.15) is 0 Å². The molecule has 0 saturated carbocycles. The van der Waals surface area contributed by atoms with Crippen LogP contribution in [0.4, 0.5) is 15.8 Å². The molecule has 0 fully saturated rings. The molecule has 1 aromatic heterocycles. The summed E-state index contributed by atoms with van der Waals surface area (Å²) in [6, 6.07) is 8.30. The van der Waals surface area contributed by atoms with Crippen LogP contribution in [-0.2, 0) is 0 Å². The Balaban J connectivity index is 2.01. The maximum Gasteiger partial charge on any atom is 0.333 e. The van der Waals surface area contributed by atoms with Crippen molar-refractivity contribution >= 4 is 28.9 Å². The predicted octanol–water partition coefficient (Wildman–Crippen LogP) is 2.48. The third kappa shape index (κ3) is 3.67. The fourth-order valence-corrected chi connectivity index (χ4v) is 2.56. The molecule has 9 nitrogen and oxygen atoms in total. The van der Waals surface area contributed by atoms with Crippen LogP contribution in [-0.4, -0.2) is 20.4 Å². The van der Waals surface area contributed by atoms with Crippen molar-refractivity contribution in [2.24, 2.45) is 0 Å². The maximum atomic E-state index is 13.3. The number of rotatable bonds is 4. The molecule has 2 aromatic carbocycles. The first-order valence-corrected chi connectivity index (χ1v) is 8.01. The molecule has 3 aromatic rings. The van der Waals surface area contributed by atoms with Crippen LogP contribution in [0.5, 0.6) is 0 Å². The minimum absolute atomic E-state index is 0.0392. The number of carbonyl (C=O) groups excluding carboxylic acids is 1. The van der Waals surface area contributed by atoms with E-state index >= 15 is 0 Å². The van der Waals surface area contributed by atoms with Gasteiger partial charge in [0.25, 0.3) is 17.2 Å². The second-order valence-corrected chi connectivity index (χ2v) is 5.92. The summed E-state index contributed by atoms with van der Waals surface area (Å²) in [4.78, 5) is 49.5. The minimum Gasteiger partial charge on any atom is -0.322 e. The number of benzene rings is 2. The van der Waals surface area contributed by atoms with Crippen molar-refractivity contribution in [2.75, 3.05) is 5.32 Å². The summed E-state index contributed by atoms with van der Waals surface area (Å²) >= 11 is 5.68. The summed E-state index contributed by atoms with van der Waals surface area (Å²) in [5.74, 6) is -1.64. The van der Waals surface area contributed by atoms with Crippen LogP contribution in [0.25, 0.3) is 5.69 Å².